The fraction of sp³-hybridized carbons (Fsp3) is 0.533. The first-order valence-electron chi connectivity index (χ1n) is 7.33. The van der Waals surface area contributed by atoms with Crippen LogP contribution in [0.2, 0.25) is 0 Å². The van der Waals surface area contributed by atoms with Crippen molar-refractivity contribution in [2.75, 3.05) is 5.32 Å². The monoisotopic (exact) mass is 271 g/mol. The second kappa shape index (κ2) is 5.61. The van der Waals surface area contributed by atoms with E-state index in [9.17, 15) is 0 Å². The fourth-order valence-electron chi connectivity index (χ4n) is 3.02. The van der Waals surface area contributed by atoms with E-state index in [1.54, 1.807) is 11.0 Å². The summed E-state index contributed by atoms with van der Waals surface area (Å²) >= 11 is 0. The van der Waals surface area contributed by atoms with Crippen LogP contribution in [-0.4, -0.2) is 26.2 Å². The van der Waals surface area contributed by atoms with Crippen LogP contribution in [0.25, 0.3) is 5.69 Å². The normalized spacial score (nSPS) is 22.7. The van der Waals surface area contributed by atoms with Crippen LogP contribution >= 0.6 is 0 Å². The Kier molecular flexibility index (Phi) is 3.67. The molecule has 106 valence electrons. The largest absolute Gasteiger partial charge is 0.382 e. The molecule has 0 radical (unpaired) electrons. The first kappa shape index (κ1) is 13.1. The van der Waals surface area contributed by atoms with Crippen molar-refractivity contribution < 1.29 is 0 Å². The van der Waals surface area contributed by atoms with Crippen molar-refractivity contribution in [2.45, 2.75) is 45.6 Å². The zero-order valence-corrected chi connectivity index (χ0v) is 12.1. The summed E-state index contributed by atoms with van der Waals surface area (Å²) < 4.78 is 1.71. The lowest BCUT2D eigenvalue weighted by molar-refractivity contribution is 0.358. The van der Waals surface area contributed by atoms with Crippen molar-refractivity contribution in [2.24, 2.45) is 5.92 Å². The van der Waals surface area contributed by atoms with Gasteiger partial charge >= 0.3 is 0 Å². The van der Waals surface area contributed by atoms with E-state index >= 15 is 0 Å². The van der Waals surface area contributed by atoms with Crippen molar-refractivity contribution in [1.29, 1.82) is 0 Å². The quantitative estimate of drug-likeness (QED) is 0.932. The Morgan fingerprint density at radius 2 is 2.20 bits per heavy atom. The number of anilines is 1. The van der Waals surface area contributed by atoms with Gasteiger partial charge in [-0.25, -0.2) is 4.68 Å². The predicted molar refractivity (Wildman–Crippen MR) is 78.9 cm³/mol. The summed E-state index contributed by atoms with van der Waals surface area (Å²) in [4.78, 5) is 0. The Hall–Kier alpha value is -1.91. The molecule has 0 saturated heterocycles. The Bertz CT molecular complexity index is 564. The van der Waals surface area contributed by atoms with Gasteiger partial charge in [0.1, 0.15) is 6.33 Å². The van der Waals surface area contributed by atoms with Crippen LogP contribution < -0.4 is 5.32 Å². The van der Waals surface area contributed by atoms with Gasteiger partial charge < -0.3 is 5.32 Å². The van der Waals surface area contributed by atoms with Crippen LogP contribution in [0.5, 0.6) is 0 Å². The lowest BCUT2D eigenvalue weighted by Gasteiger charge is -2.28. The Labute approximate surface area is 119 Å². The summed E-state index contributed by atoms with van der Waals surface area (Å²) in [7, 11) is 0. The molecule has 1 aliphatic carbocycles. The molecule has 1 saturated carbocycles. The molecule has 2 unspecified atom stereocenters. The van der Waals surface area contributed by atoms with Gasteiger partial charge in [0, 0.05) is 11.7 Å². The SMILES string of the molecule is Cc1ccc(NC2CCCC(C)C2)cc1-n1cnnn1. The van der Waals surface area contributed by atoms with Crippen molar-refractivity contribution in [3.63, 3.8) is 0 Å². The zero-order chi connectivity index (χ0) is 13.9. The smallest absolute Gasteiger partial charge is 0.143 e. The molecule has 0 bridgehead atoms. The van der Waals surface area contributed by atoms with E-state index in [-0.39, 0.29) is 0 Å². The van der Waals surface area contributed by atoms with E-state index in [1.807, 2.05) is 0 Å². The van der Waals surface area contributed by atoms with Gasteiger partial charge in [0.2, 0.25) is 0 Å². The standard InChI is InChI=1S/C15H21N5/c1-11-4-3-5-13(8-11)17-14-7-6-12(2)15(9-14)20-10-16-18-19-20/h6-7,9-11,13,17H,3-5,8H2,1-2H3. The second-order valence-electron chi connectivity index (χ2n) is 5.87. The molecule has 2 atom stereocenters. The van der Waals surface area contributed by atoms with E-state index in [0.29, 0.717) is 6.04 Å². The summed E-state index contributed by atoms with van der Waals surface area (Å²) in [5.41, 5.74) is 3.35. The van der Waals surface area contributed by atoms with E-state index in [0.717, 1.165) is 17.3 Å². The summed E-state index contributed by atoms with van der Waals surface area (Å²) in [6.07, 6.45) is 6.84. The van der Waals surface area contributed by atoms with Crippen LogP contribution in [0.4, 0.5) is 5.69 Å². The predicted octanol–water partition coefficient (Wildman–Crippen LogP) is 2.96. The van der Waals surface area contributed by atoms with Gasteiger partial charge in [0.05, 0.1) is 5.69 Å². The number of benzene rings is 1. The summed E-state index contributed by atoms with van der Waals surface area (Å²) in [6, 6.07) is 6.97. The topological polar surface area (TPSA) is 55.6 Å². The minimum Gasteiger partial charge on any atom is -0.382 e. The maximum Gasteiger partial charge on any atom is 0.143 e. The van der Waals surface area contributed by atoms with Gasteiger partial charge in [-0.1, -0.05) is 25.8 Å². The lowest BCUT2D eigenvalue weighted by Crippen LogP contribution is -2.26. The molecule has 0 amide bonds. The maximum absolute atomic E-state index is 3.98. The molecule has 1 fully saturated rings. The summed E-state index contributed by atoms with van der Waals surface area (Å²) in [5, 5.41) is 15.0. The summed E-state index contributed by atoms with van der Waals surface area (Å²) in [6.45, 7) is 4.42. The number of nitrogens with zero attached hydrogens (tertiary/aromatic N) is 4. The van der Waals surface area contributed by atoms with Crippen LogP contribution in [0, 0.1) is 12.8 Å². The van der Waals surface area contributed by atoms with Crippen LogP contribution in [0.1, 0.15) is 38.2 Å². The third kappa shape index (κ3) is 2.81. The van der Waals surface area contributed by atoms with E-state index in [2.05, 4.69) is 52.9 Å². The highest BCUT2D eigenvalue weighted by Gasteiger charge is 2.18. The Morgan fingerprint density at radius 1 is 1.30 bits per heavy atom. The molecule has 3 rings (SSSR count). The average Bonchev–Trinajstić information content (AvgIpc) is 2.95. The second-order valence-corrected chi connectivity index (χ2v) is 5.87. The number of hydrogen-bond donors (Lipinski definition) is 1. The van der Waals surface area contributed by atoms with Crippen molar-refractivity contribution in [1.82, 2.24) is 20.2 Å². The molecule has 5 heteroatoms. The molecule has 0 spiro atoms. The van der Waals surface area contributed by atoms with Crippen molar-refractivity contribution in [3.8, 4) is 5.69 Å². The van der Waals surface area contributed by atoms with E-state index in [4.69, 9.17) is 0 Å². The molecule has 2 aromatic rings. The number of nitrogens with one attached hydrogen (secondary N) is 1. The number of aromatic nitrogens is 4. The molecular weight excluding hydrogens is 250 g/mol. The highest BCUT2D eigenvalue weighted by molar-refractivity contribution is 5.55. The highest BCUT2D eigenvalue weighted by Crippen LogP contribution is 2.27. The Balaban J connectivity index is 1.79. The third-order valence-electron chi connectivity index (χ3n) is 4.11. The lowest BCUT2D eigenvalue weighted by atomic mass is 9.87. The van der Waals surface area contributed by atoms with E-state index in [1.165, 1.54) is 31.2 Å². The van der Waals surface area contributed by atoms with Gasteiger partial charge in [-0.15, -0.1) is 5.10 Å². The van der Waals surface area contributed by atoms with Crippen LogP contribution in [0.15, 0.2) is 24.5 Å². The maximum atomic E-state index is 3.98. The van der Waals surface area contributed by atoms with Gasteiger partial charge in [0.15, 0.2) is 0 Å². The molecule has 20 heavy (non-hydrogen) atoms. The zero-order valence-electron chi connectivity index (χ0n) is 12.1. The van der Waals surface area contributed by atoms with Gasteiger partial charge in [-0.05, 0) is 53.8 Å². The fourth-order valence-corrected chi connectivity index (χ4v) is 3.02. The van der Waals surface area contributed by atoms with Crippen molar-refractivity contribution >= 4 is 5.69 Å². The first-order chi connectivity index (χ1) is 9.72. The molecule has 1 heterocycles. The molecule has 0 aliphatic heterocycles. The van der Waals surface area contributed by atoms with Gasteiger partial charge in [-0.3, -0.25) is 0 Å². The van der Waals surface area contributed by atoms with Crippen molar-refractivity contribution in [3.05, 3.63) is 30.1 Å². The number of tetrazole rings is 1. The van der Waals surface area contributed by atoms with Crippen LogP contribution in [0.3, 0.4) is 0 Å². The molecular formula is C15H21N5. The number of hydrogen-bond acceptors (Lipinski definition) is 4. The average molecular weight is 271 g/mol. The first-order valence-corrected chi connectivity index (χ1v) is 7.33. The summed E-state index contributed by atoms with van der Waals surface area (Å²) in [5.74, 6) is 0.825. The molecule has 1 N–H and O–H groups in total. The minimum atomic E-state index is 0.586. The van der Waals surface area contributed by atoms with Gasteiger partial charge in [0.25, 0.3) is 0 Å². The minimum absolute atomic E-state index is 0.586. The molecule has 5 nitrogen and oxygen atoms in total. The Morgan fingerprint density at radius 3 is 2.95 bits per heavy atom. The van der Waals surface area contributed by atoms with Crippen LogP contribution in [-0.2, 0) is 0 Å². The van der Waals surface area contributed by atoms with Gasteiger partial charge in [-0.2, -0.15) is 0 Å². The highest BCUT2D eigenvalue weighted by atomic mass is 15.5. The van der Waals surface area contributed by atoms with E-state index < -0.39 is 0 Å². The number of rotatable bonds is 3. The molecule has 1 aromatic carbocycles. The number of aryl methyl sites for hydroxylation is 1. The molecule has 1 aromatic heterocycles. The molecule has 1 aliphatic rings. The third-order valence-corrected chi connectivity index (χ3v) is 4.11.